The average Bonchev–Trinajstić information content (AvgIpc) is 1.65. The summed E-state index contributed by atoms with van der Waals surface area (Å²) in [4.78, 5) is 9.36. The molecule has 2 heteroatoms. The van der Waals surface area contributed by atoms with Gasteiger partial charge in [-0.25, -0.2) is 0 Å². The van der Waals surface area contributed by atoms with Crippen molar-refractivity contribution in [3.63, 3.8) is 0 Å². The molecule has 0 aromatic heterocycles. The van der Waals surface area contributed by atoms with Gasteiger partial charge in [-0.1, -0.05) is 6.92 Å². The minimum atomic E-state index is -0.870. The Kier molecular flexibility index (Phi) is 2.67. The number of aliphatic hydroxyl groups excluding tert-OH is 1. The number of carbonyl (C=O) groups excluding carboxylic acids is 1. The molecule has 6 heavy (non-hydrogen) atoms. The van der Waals surface area contributed by atoms with E-state index >= 15 is 0 Å². The van der Waals surface area contributed by atoms with E-state index in [0.717, 1.165) is 0 Å². The van der Waals surface area contributed by atoms with Crippen LogP contribution in [0.25, 0.3) is 0 Å². The largest absolute Gasteiger partial charge is 0.385 e. The lowest BCUT2D eigenvalue weighted by Crippen LogP contribution is -2.03. The van der Waals surface area contributed by atoms with E-state index in [0.29, 0.717) is 6.42 Å². The molecule has 0 aliphatic rings. The predicted octanol–water partition coefficient (Wildman–Crippen LogP) is -0.133. The molecule has 2 nitrogen and oxygen atoms in total. The molecule has 0 aromatic rings. The van der Waals surface area contributed by atoms with E-state index in [1.807, 2.05) is 0 Å². The van der Waals surface area contributed by atoms with Crippen molar-refractivity contribution in [3.8, 4) is 0 Å². The molecule has 0 aliphatic carbocycles. The van der Waals surface area contributed by atoms with E-state index in [1.165, 1.54) is 6.29 Å². The van der Waals surface area contributed by atoms with Gasteiger partial charge in [-0.05, 0) is 6.42 Å². The minimum Gasteiger partial charge on any atom is -0.385 e. The molecule has 0 unspecified atom stereocenters. The summed E-state index contributed by atoms with van der Waals surface area (Å²) in [6.45, 7) is 1.72. The minimum absolute atomic E-state index is 0.462. The van der Waals surface area contributed by atoms with E-state index in [1.54, 1.807) is 6.92 Å². The third-order valence-electron chi connectivity index (χ3n) is 0.523. The van der Waals surface area contributed by atoms with Gasteiger partial charge in [0.15, 0.2) is 0 Å². The third-order valence-corrected chi connectivity index (χ3v) is 0.523. The standard InChI is InChI=1S/C4H7O2/c1-2-4(6)3-5/h4,6H,2H2,1H3/t4-/m0/s1. The molecular formula is C4H7O2. The zero-order valence-corrected chi connectivity index (χ0v) is 3.64. The smallest absolute Gasteiger partial charge is 0.229 e. The van der Waals surface area contributed by atoms with Crippen molar-refractivity contribution in [2.45, 2.75) is 19.4 Å². The first-order chi connectivity index (χ1) is 2.81. The van der Waals surface area contributed by atoms with Gasteiger partial charge in [-0.3, -0.25) is 4.79 Å². The Labute approximate surface area is 36.8 Å². The van der Waals surface area contributed by atoms with Gasteiger partial charge in [0.2, 0.25) is 6.29 Å². The molecule has 0 saturated heterocycles. The number of hydrogen-bond acceptors (Lipinski definition) is 2. The van der Waals surface area contributed by atoms with E-state index < -0.39 is 6.10 Å². The molecule has 35 valence electrons. The molecule has 0 fully saturated rings. The Morgan fingerprint density at radius 2 is 2.50 bits per heavy atom. The second kappa shape index (κ2) is 2.85. The highest BCUT2D eigenvalue weighted by molar-refractivity contribution is 5.56. The molecule has 0 aliphatic heterocycles. The fraction of sp³-hybridized carbons (Fsp3) is 0.750. The van der Waals surface area contributed by atoms with Crippen LogP contribution >= 0.6 is 0 Å². The first-order valence-corrected chi connectivity index (χ1v) is 1.87. The molecule has 0 rings (SSSR count). The maximum atomic E-state index is 9.36. The average molecular weight is 87.1 g/mol. The third kappa shape index (κ3) is 1.91. The number of aliphatic hydroxyl groups is 1. The second-order valence-electron chi connectivity index (χ2n) is 1.04. The van der Waals surface area contributed by atoms with Gasteiger partial charge in [0.1, 0.15) is 6.10 Å². The van der Waals surface area contributed by atoms with Crippen molar-refractivity contribution in [2.24, 2.45) is 0 Å². The highest BCUT2D eigenvalue weighted by Crippen LogP contribution is 1.79. The zero-order valence-electron chi connectivity index (χ0n) is 3.64. The zero-order chi connectivity index (χ0) is 4.99. The Morgan fingerprint density at radius 3 is 2.50 bits per heavy atom. The van der Waals surface area contributed by atoms with E-state index in [4.69, 9.17) is 5.11 Å². The van der Waals surface area contributed by atoms with Crippen LogP contribution in [0.15, 0.2) is 0 Å². The van der Waals surface area contributed by atoms with Crippen LogP contribution in [-0.2, 0) is 4.79 Å². The predicted molar refractivity (Wildman–Crippen MR) is 22.0 cm³/mol. The first kappa shape index (κ1) is 5.63. The lowest BCUT2D eigenvalue weighted by Gasteiger charge is -1.88. The van der Waals surface area contributed by atoms with Crippen LogP contribution in [0.3, 0.4) is 0 Å². The van der Waals surface area contributed by atoms with Crippen LogP contribution in [0.5, 0.6) is 0 Å². The normalized spacial score (nSPS) is 13.7. The van der Waals surface area contributed by atoms with Gasteiger partial charge in [0.25, 0.3) is 0 Å². The maximum Gasteiger partial charge on any atom is 0.229 e. The summed E-state index contributed by atoms with van der Waals surface area (Å²) in [7, 11) is 0. The van der Waals surface area contributed by atoms with Gasteiger partial charge >= 0.3 is 0 Å². The fourth-order valence-electron chi connectivity index (χ4n) is 0.0833. The first-order valence-electron chi connectivity index (χ1n) is 1.87. The van der Waals surface area contributed by atoms with Crippen LogP contribution in [0.2, 0.25) is 0 Å². The van der Waals surface area contributed by atoms with E-state index in [9.17, 15) is 4.79 Å². The maximum absolute atomic E-state index is 9.36. The Balaban J connectivity index is 2.96. The molecule has 0 amide bonds. The van der Waals surface area contributed by atoms with Gasteiger partial charge < -0.3 is 5.11 Å². The molecule has 0 bridgehead atoms. The summed E-state index contributed by atoms with van der Waals surface area (Å²) in [5.74, 6) is 0. The van der Waals surface area contributed by atoms with Crippen molar-refractivity contribution in [2.75, 3.05) is 0 Å². The van der Waals surface area contributed by atoms with Crippen molar-refractivity contribution >= 4 is 6.29 Å². The van der Waals surface area contributed by atoms with Gasteiger partial charge in [-0.15, -0.1) is 0 Å². The number of hydrogen-bond donors (Lipinski definition) is 1. The van der Waals surface area contributed by atoms with E-state index in [-0.39, 0.29) is 0 Å². The van der Waals surface area contributed by atoms with Crippen molar-refractivity contribution < 1.29 is 9.90 Å². The second-order valence-corrected chi connectivity index (χ2v) is 1.04. The van der Waals surface area contributed by atoms with Crippen molar-refractivity contribution in [1.29, 1.82) is 0 Å². The summed E-state index contributed by atoms with van der Waals surface area (Å²) < 4.78 is 0. The highest BCUT2D eigenvalue weighted by atomic mass is 16.3. The SMILES string of the molecule is CC[C@H](O)[C]=O. The van der Waals surface area contributed by atoms with Crippen LogP contribution in [0.4, 0.5) is 0 Å². The van der Waals surface area contributed by atoms with Crippen LogP contribution in [0.1, 0.15) is 13.3 Å². The van der Waals surface area contributed by atoms with Crippen LogP contribution < -0.4 is 0 Å². The summed E-state index contributed by atoms with van der Waals surface area (Å²) in [5.41, 5.74) is 0. The summed E-state index contributed by atoms with van der Waals surface area (Å²) in [5, 5.41) is 8.24. The monoisotopic (exact) mass is 87.0 g/mol. The van der Waals surface area contributed by atoms with Crippen LogP contribution in [-0.4, -0.2) is 17.5 Å². The van der Waals surface area contributed by atoms with Crippen molar-refractivity contribution in [1.82, 2.24) is 0 Å². The molecule has 1 radical (unpaired) electrons. The molecular weight excluding hydrogens is 80.0 g/mol. The molecule has 0 saturated carbocycles. The fourth-order valence-corrected chi connectivity index (χ4v) is 0.0833. The van der Waals surface area contributed by atoms with Crippen LogP contribution in [0, 0.1) is 0 Å². The Morgan fingerprint density at radius 1 is 2.00 bits per heavy atom. The Hall–Kier alpha value is -0.370. The van der Waals surface area contributed by atoms with Crippen molar-refractivity contribution in [3.05, 3.63) is 0 Å². The molecule has 0 spiro atoms. The Bertz CT molecular complexity index is 42.8. The highest BCUT2D eigenvalue weighted by Gasteiger charge is 1.93. The molecule has 1 N–H and O–H groups in total. The summed E-state index contributed by atoms with van der Waals surface area (Å²) in [6, 6.07) is 0. The molecule has 0 aromatic carbocycles. The van der Waals surface area contributed by atoms with Gasteiger partial charge in [-0.2, -0.15) is 0 Å². The molecule has 0 heterocycles. The topological polar surface area (TPSA) is 37.3 Å². The van der Waals surface area contributed by atoms with Gasteiger partial charge in [0.05, 0.1) is 0 Å². The lowest BCUT2D eigenvalue weighted by molar-refractivity contribution is 0.230. The molecule has 1 atom stereocenters. The number of rotatable bonds is 2. The van der Waals surface area contributed by atoms with E-state index in [2.05, 4.69) is 0 Å². The summed E-state index contributed by atoms with van der Waals surface area (Å²) >= 11 is 0. The van der Waals surface area contributed by atoms with Gasteiger partial charge in [0, 0.05) is 0 Å². The lowest BCUT2D eigenvalue weighted by atomic mass is 10.3. The summed E-state index contributed by atoms with van der Waals surface area (Å²) in [6.07, 6.45) is 1.01. The quantitative estimate of drug-likeness (QED) is 0.509.